The maximum atomic E-state index is 12.5. The van der Waals surface area contributed by atoms with Gasteiger partial charge in [0.1, 0.15) is 5.75 Å². The average Bonchev–Trinajstić information content (AvgIpc) is 3.07. The second-order valence-corrected chi connectivity index (χ2v) is 6.50. The number of carbonyl (C=O) groups excluding carboxylic acids is 2. The zero-order valence-corrected chi connectivity index (χ0v) is 15.7. The molecule has 144 valence electrons. The Labute approximate surface area is 159 Å². The minimum Gasteiger partial charge on any atom is -0.495 e. The van der Waals surface area contributed by atoms with E-state index in [1.54, 1.807) is 30.2 Å². The van der Waals surface area contributed by atoms with Gasteiger partial charge in [0.2, 0.25) is 11.8 Å². The number of amides is 2. The molecule has 2 saturated heterocycles. The summed E-state index contributed by atoms with van der Waals surface area (Å²) >= 11 is 0. The molecule has 2 amide bonds. The van der Waals surface area contributed by atoms with E-state index < -0.39 is 6.04 Å². The fourth-order valence-corrected chi connectivity index (χ4v) is 3.40. The molecular weight excluding hydrogens is 358 g/mol. The molecule has 2 aliphatic rings. The molecule has 1 atom stereocenters. The van der Waals surface area contributed by atoms with Gasteiger partial charge in [0.15, 0.2) is 0 Å². The Balaban J connectivity index is 0.00000243. The van der Waals surface area contributed by atoms with Crippen LogP contribution >= 0.6 is 12.4 Å². The quantitative estimate of drug-likeness (QED) is 0.810. The molecule has 26 heavy (non-hydrogen) atoms. The first kappa shape index (κ1) is 20.5. The van der Waals surface area contributed by atoms with E-state index in [-0.39, 0.29) is 30.1 Å². The third-order valence-electron chi connectivity index (χ3n) is 4.89. The van der Waals surface area contributed by atoms with Gasteiger partial charge in [-0.3, -0.25) is 9.59 Å². The number of methoxy groups -OCH3 is 1. The van der Waals surface area contributed by atoms with Gasteiger partial charge in [-0.25, -0.2) is 0 Å². The number of benzene rings is 1. The Kier molecular flexibility index (Phi) is 7.25. The van der Waals surface area contributed by atoms with E-state index in [1.165, 1.54) is 0 Å². The Hall–Kier alpha value is -1.83. The van der Waals surface area contributed by atoms with Crippen LogP contribution in [0.4, 0.5) is 11.4 Å². The van der Waals surface area contributed by atoms with Crippen molar-refractivity contribution < 1.29 is 19.1 Å². The zero-order chi connectivity index (χ0) is 17.8. The summed E-state index contributed by atoms with van der Waals surface area (Å²) in [5.41, 5.74) is 7.42. The predicted molar refractivity (Wildman–Crippen MR) is 102 cm³/mol. The summed E-state index contributed by atoms with van der Waals surface area (Å²) in [6.45, 7) is 1.96. The lowest BCUT2D eigenvalue weighted by molar-refractivity contribution is -0.119. The summed E-state index contributed by atoms with van der Waals surface area (Å²) < 4.78 is 10.7. The van der Waals surface area contributed by atoms with Gasteiger partial charge in [-0.2, -0.15) is 0 Å². The fraction of sp³-hybridized carbons (Fsp3) is 0.556. The number of nitrogens with one attached hydrogen (secondary N) is 1. The molecule has 3 N–H and O–H groups in total. The summed E-state index contributed by atoms with van der Waals surface area (Å²) in [5, 5.41) is 2.87. The molecular formula is C18H26ClN3O4. The first-order valence-electron chi connectivity index (χ1n) is 8.72. The molecule has 0 radical (unpaired) electrons. The minimum absolute atomic E-state index is 0. The van der Waals surface area contributed by atoms with E-state index >= 15 is 0 Å². The van der Waals surface area contributed by atoms with Gasteiger partial charge in [0.05, 0.1) is 18.8 Å². The van der Waals surface area contributed by atoms with Crippen LogP contribution in [0.5, 0.6) is 5.75 Å². The van der Waals surface area contributed by atoms with Crippen LogP contribution in [0.3, 0.4) is 0 Å². The van der Waals surface area contributed by atoms with Crippen LogP contribution in [0.25, 0.3) is 0 Å². The molecule has 1 aromatic rings. The molecule has 7 nitrogen and oxygen atoms in total. The van der Waals surface area contributed by atoms with Gasteiger partial charge < -0.3 is 25.4 Å². The molecule has 8 heteroatoms. The van der Waals surface area contributed by atoms with Crippen molar-refractivity contribution in [2.45, 2.75) is 31.7 Å². The molecule has 0 aliphatic carbocycles. The molecule has 2 aliphatic heterocycles. The van der Waals surface area contributed by atoms with Crippen molar-refractivity contribution in [3.05, 3.63) is 18.2 Å². The molecule has 0 spiro atoms. The van der Waals surface area contributed by atoms with Crippen molar-refractivity contribution in [2.24, 2.45) is 11.7 Å². The number of carbonyl (C=O) groups is 2. The number of rotatable bonds is 5. The van der Waals surface area contributed by atoms with Crippen molar-refractivity contribution in [1.29, 1.82) is 0 Å². The van der Waals surface area contributed by atoms with E-state index in [4.69, 9.17) is 15.2 Å². The fourth-order valence-electron chi connectivity index (χ4n) is 3.40. The number of halogens is 1. The number of ether oxygens (including phenoxy) is 2. The maximum absolute atomic E-state index is 12.5. The summed E-state index contributed by atoms with van der Waals surface area (Å²) in [5.74, 6) is 0.602. The Morgan fingerprint density at radius 2 is 2.12 bits per heavy atom. The maximum Gasteiger partial charge on any atom is 0.241 e. The van der Waals surface area contributed by atoms with Crippen molar-refractivity contribution in [1.82, 2.24) is 0 Å². The highest BCUT2D eigenvalue weighted by molar-refractivity contribution is 5.99. The molecule has 1 aromatic carbocycles. The van der Waals surface area contributed by atoms with E-state index in [9.17, 15) is 9.59 Å². The predicted octanol–water partition coefficient (Wildman–Crippen LogP) is 1.94. The van der Waals surface area contributed by atoms with Gasteiger partial charge in [0, 0.05) is 31.9 Å². The first-order valence-corrected chi connectivity index (χ1v) is 8.72. The van der Waals surface area contributed by atoms with Crippen LogP contribution in [-0.4, -0.2) is 44.7 Å². The normalized spacial score (nSPS) is 19.0. The second kappa shape index (κ2) is 9.21. The summed E-state index contributed by atoms with van der Waals surface area (Å²) in [7, 11) is 1.57. The first-order chi connectivity index (χ1) is 12.1. The van der Waals surface area contributed by atoms with Crippen molar-refractivity contribution in [3.8, 4) is 5.75 Å². The van der Waals surface area contributed by atoms with Crippen LogP contribution < -0.4 is 20.7 Å². The highest BCUT2D eigenvalue weighted by atomic mass is 35.5. The van der Waals surface area contributed by atoms with E-state index in [0.29, 0.717) is 43.3 Å². The minimum atomic E-state index is -0.567. The van der Waals surface area contributed by atoms with Gasteiger partial charge in [-0.05, 0) is 43.4 Å². The van der Waals surface area contributed by atoms with Gasteiger partial charge in [-0.15, -0.1) is 12.4 Å². The largest absolute Gasteiger partial charge is 0.495 e. The van der Waals surface area contributed by atoms with Crippen molar-refractivity contribution in [2.75, 3.05) is 37.1 Å². The highest BCUT2D eigenvalue weighted by Gasteiger charge is 2.28. The Bertz CT molecular complexity index is 649. The molecule has 0 aromatic heterocycles. The third kappa shape index (κ3) is 4.47. The molecule has 1 unspecified atom stereocenters. The lowest BCUT2D eigenvalue weighted by Gasteiger charge is -2.27. The number of nitrogens with two attached hydrogens (primary N) is 1. The smallest absolute Gasteiger partial charge is 0.241 e. The number of hydrogen-bond acceptors (Lipinski definition) is 5. The van der Waals surface area contributed by atoms with Crippen LogP contribution in [-0.2, 0) is 14.3 Å². The highest BCUT2D eigenvalue weighted by Crippen LogP contribution is 2.34. The van der Waals surface area contributed by atoms with Crippen molar-refractivity contribution >= 4 is 35.6 Å². The average molecular weight is 384 g/mol. The van der Waals surface area contributed by atoms with Crippen LogP contribution in [0.15, 0.2) is 18.2 Å². The lowest BCUT2D eigenvalue weighted by atomic mass is 9.92. The topological polar surface area (TPSA) is 93.9 Å². The van der Waals surface area contributed by atoms with Crippen LogP contribution in [0, 0.1) is 5.92 Å². The number of hydrogen-bond donors (Lipinski definition) is 2. The number of anilines is 2. The molecule has 2 fully saturated rings. The zero-order valence-electron chi connectivity index (χ0n) is 14.9. The standard InChI is InChI=1S/C18H25N3O4.ClH/c1-24-15-5-4-13(11-14(15)21-8-2-3-16(21)22)20-18(23)17(19)12-6-9-25-10-7-12;/h4-5,11-12,17H,2-3,6-10,19H2,1H3,(H,20,23);1H. The molecule has 0 saturated carbocycles. The van der Waals surface area contributed by atoms with Crippen molar-refractivity contribution in [3.63, 3.8) is 0 Å². The van der Waals surface area contributed by atoms with Crippen LogP contribution in [0.2, 0.25) is 0 Å². The monoisotopic (exact) mass is 383 g/mol. The molecule has 2 heterocycles. The Morgan fingerprint density at radius 3 is 2.73 bits per heavy atom. The van der Waals surface area contributed by atoms with Gasteiger partial charge in [-0.1, -0.05) is 0 Å². The summed E-state index contributed by atoms with van der Waals surface area (Å²) in [6.07, 6.45) is 2.96. The van der Waals surface area contributed by atoms with E-state index in [1.807, 2.05) is 0 Å². The van der Waals surface area contributed by atoms with Gasteiger partial charge in [0.25, 0.3) is 0 Å². The lowest BCUT2D eigenvalue weighted by Crippen LogP contribution is -2.44. The van der Waals surface area contributed by atoms with E-state index in [0.717, 1.165) is 19.3 Å². The second-order valence-electron chi connectivity index (χ2n) is 6.50. The van der Waals surface area contributed by atoms with E-state index in [2.05, 4.69) is 5.32 Å². The summed E-state index contributed by atoms with van der Waals surface area (Å²) in [4.78, 5) is 26.2. The third-order valence-corrected chi connectivity index (χ3v) is 4.89. The SMILES string of the molecule is COc1ccc(NC(=O)C(N)C2CCOCC2)cc1N1CCCC1=O.Cl. The summed E-state index contributed by atoms with van der Waals surface area (Å²) in [6, 6.07) is 4.73. The number of nitrogens with zero attached hydrogens (tertiary/aromatic N) is 1. The van der Waals surface area contributed by atoms with Gasteiger partial charge >= 0.3 is 0 Å². The molecule has 3 rings (SSSR count). The Morgan fingerprint density at radius 1 is 1.38 bits per heavy atom. The van der Waals surface area contributed by atoms with Crippen LogP contribution in [0.1, 0.15) is 25.7 Å². The molecule has 0 bridgehead atoms.